The minimum Gasteiger partial charge on any atom is -0.488 e. The van der Waals surface area contributed by atoms with Crippen molar-refractivity contribution in [1.29, 1.82) is 0 Å². The molecule has 0 aliphatic carbocycles. The van der Waals surface area contributed by atoms with E-state index < -0.39 is 0 Å². The molecule has 0 atom stereocenters. The third-order valence-electron chi connectivity index (χ3n) is 1.70. The Morgan fingerprint density at radius 1 is 1.50 bits per heavy atom. The van der Waals surface area contributed by atoms with Gasteiger partial charge in [-0.3, -0.25) is 0 Å². The fraction of sp³-hybridized carbons (Fsp3) is 0.250. The molecule has 1 heterocycles. The van der Waals surface area contributed by atoms with Gasteiger partial charge in [0, 0.05) is 5.56 Å². The van der Waals surface area contributed by atoms with Gasteiger partial charge in [0.25, 0.3) is 0 Å². The summed E-state index contributed by atoms with van der Waals surface area (Å²) in [6.07, 6.45) is 0. The molecule has 0 aromatic heterocycles. The maximum atomic E-state index is 8.72. The van der Waals surface area contributed by atoms with Gasteiger partial charge in [0.05, 0.1) is 6.61 Å². The zero-order chi connectivity index (χ0) is 6.97. The third-order valence-corrected chi connectivity index (χ3v) is 1.70. The molecule has 2 nitrogen and oxygen atoms in total. The molecular weight excluding hydrogens is 128 g/mol. The number of hydrogen-bond acceptors (Lipinski definition) is 2. The van der Waals surface area contributed by atoms with Crippen LogP contribution in [0.5, 0.6) is 5.75 Å². The number of benzene rings is 1. The van der Waals surface area contributed by atoms with Crippen molar-refractivity contribution in [1.82, 2.24) is 0 Å². The van der Waals surface area contributed by atoms with Crippen LogP contribution < -0.4 is 4.74 Å². The van der Waals surface area contributed by atoms with Gasteiger partial charge in [-0.15, -0.1) is 0 Å². The van der Waals surface area contributed by atoms with Crippen LogP contribution in [0.3, 0.4) is 0 Å². The summed E-state index contributed by atoms with van der Waals surface area (Å²) in [5.41, 5.74) is 2.15. The summed E-state index contributed by atoms with van der Waals surface area (Å²) >= 11 is 0. The lowest BCUT2D eigenvalue weighted by Crippen LogP contribution is -2.09. The number of hydrogen-bond donors (Lipinski definition) is 1. The van der Waals surface area contributed by atoms with E-state index in [1.54, 1.807) is 0 Å². The Labute approximate surface area is 59.1 Å². The molecule has 1 aromatic rings. The first-order valence-corrected chi connectivity index (χ1v) is 3.25. The fourth-order valence-electron chi connectivity index (χ4n) is 1.03. The lowest BCUT2D eigenvalue weighted by atomic mass is 10.1. The number of aliphatic hydroxyl groups excluding tert-OH is 1. The molecule has 0 fully saturated rings. The van der Waals surface area contributed by atoms with E-state index in [1.807, 2.05) is 18.2 Å². The van der Waals surface area contributed by atoms with Crippen LogP contribution in [0.4, 0.5) is 0 Å². The van der Waals surface area contributed by atoms with E-state index in [0.717, 1.165) is 17.9 Å². The normalized spacial score (nSPS) is 13.3. The Morgan fingerprint density at radius 3 is 2.90 bits per heavy atom. The molecule has 2 heteroatoms. The summed E-state index contributed by atoms with van der Waals surface area (Å²) in [6.45, 7) is 0.817. The van der Waals surface area contributed by atoms with Crippen molar-refractivity contribution >= 4 is 0 Å². The number of fused-ring (bicyclic) bond motifs is 1. The van der Waals surface area contributed by atoms with Crippen molar-refractivity contribution in [3.8, 4) is 5.75 Å². The molecule has 0 radical (unpaired) electrons. The second-order valence-electron chi connectivity index (χ2n) is 2.39. The van der Waals surface area contributed by atoms with Gasteiger partial charge in [-0.2, -0.15) is 0 Å². The summed E-state index contributed by atoms with van der Waals surface area (Å²) in [4.78, 5) is 0. The summed E-state index contributed by atoms with van der Waals surface area (Å²) < 4.78 is 5.11. The van der Waals surface area contributed by atoms with E-state index in [1.165, 1.54) is 5.56 Å². The lowest BCUT2D eigenvalue weighted by Gasteiger charge is -2.20. The van der Waals surface area contributed by atoms with E-state index in [2.05, 4.69) is 0 Å². The Bertz CT molecular complexity index is 255. The highest BCUT2D eigenvalue weighted by Gasteiger charge is 2.13. The molecule has 0 amide bonds. The summed E-state index contributed by atoms with van der Waals surface area (Å²) in [5.74, 6) is 0.923. The van der Waals surface area contributed by atoms with E-state index >= 15 is 0 Å². The topological polar surface area (TPSA) is 29.5 Å². The van der Waals surface area contributed by atoms with Crippen molar-refractivity contribution in [2.45, 2.75) is 13.2 Å². The molecular formula is C8H8O2. The minimum absolute atomic E-state index is 0.0939. The van der Waals surface area contributed by atoms with Crippen LogP contribution >= 0.6 is 0 Å². The largest absolute Gasteiger partial charge is 0.488 e. The molecule has 0 spiro atoms. The molecule has 0 saturated heterocycles. The van der Waals surface area contributed by atoms with Gasteiger partial charge in [0.15, 0.2) is 0 Å². The SMILES string of the molecule is OCc1ccc2c(c1)OC2. The van der Waals surface area contributed by atoms with Crippen LogP contribution in [-0.4, -0.2) is 5.11 Å². The number of rotatable bonds is 1. The fourth-order valence-corrected chi connectivity index (χ4v) is 1.03. The first kappa shape index (κ1) is 5.74. The maximum absolute atomic E-state index is 8.72. The van der Waals surface area contributed by atoms with Gasteiger partial charge < -0.3 is 9.84 Å². The summed E-state index contributed by atoms with van der Waals surface area (Å²) in [7, 11) is 0. The highest BCUT2D eigenvalue weighted by molar-refractivity contribution is 5.41. The Kier molecular flexibility index (Phi) is 1.14. The van der Waals surface area contributed by atoms with Crippen molar-refractivity contribution < 1.29 is 9.84 Å². The highest BCUT2D eigenvalue weighted by Crippen LogP contribution is 2.29. The zero-order valence-electron chi connectivity index (χ0n) is 5.50. The molecule has 2 rings (SSSR count). The van der Waals surface area contributed by atoms with Crippen LogP contribution in [0.15, 0.2) is 18.2 Å². The first-order chi connectivity index (χ1) is 4.90. The molecule has 0 saturated carbocycles. The molecule has 52 valence electrons. The second-order valence-corrected chi connectivity index (χ2v) is 2.39. The Balaban J connectivity index is 2.42. The van der Waals surface area contributed by atoms with E-state index in [-0.39, 0.29) is 6.61 Å². The molecule has 1 aliphatic rings. The molecule has 0 unspecified atom stereocenters. The average molecular weight is 136 g/mol. The van der Waals surface area contributed by atoms with Crippen molar-refractivity contribution in [3.63, 3.8) is 0 Å². The summed E-state index contributed by atoms with van der Waals surface area (Å²) in [6, 6.07) is 5.78. The van der Waals surface area contributed by atoms with Crippen molar-refractivity contribution in [2.75, 3.05) is 0 Å². The predicted molar refractivity (Wildman–Crippen MR) is 36.7 cm³/mol. The Morgan fingerprint density at radius 2 is 2.40 bits per heavy atom. The number of ether oxygens (including phenoxy) is 1. The standard InChI is InChI=1S/C8H8O2/c9-4-6-1-2-7-5-10-8(7)3-6/h1-3,9H,4-5H2. The smallest absolute Gasteiger partial charge is 0.126 e. The molecule has 10 heavy (non-hydrogen) atoms. The highest BCUT2D eigenvalue weighted by atomic mass is 16.5. The van der Waals surface area contributed by atoms with Crippen molar-refractivity contribution in [2.24, 2.45) is 0 Å². The van der Waals surface area contributed by atoms with Gasteiger partial charge >= 0.3 is 0 Å². The lowest BCUT2D eigenvalue weighted by molar-refractivity contribution is 0.239. The maximum Gasteiger partial charge on any atom is 0.126 e. The minimum atomic E-state index is 0.0939. The quantitative estimate of drug-likeness (QED) is 0.625. The third kappa shape index (κ3) is 0.693. The number of aliphatic hydroxyl groups is 1. The van der Waals surface area contributed by atoms with Gasteiger partial charge in [0.1, 0.15) is 12.4 Å². The van der Waals surface area contributed by atoms with Crippen LogP contribution in [0, 0.1) is 0 Å². The second kappa shape index (κ2) is 1.99. The van der Waals surface area contributed by atoms with E-state index in [9.17, 15) is 0 Å². The first-order valence-electron chi connectivity index (χ1n) is 3.25. The van der Waals surface area contributed by atoms with Gasteiger partial charge in [-0.1, -0.05) is 12.1 Å². The monoisotopic (exact) mass is 136 g/mol. The molecule has 1 aliphatic heterocycles. The zero-order valence-corrected chi connectivity index (χ0v) is 5.50. The van der Waals surface area contributed by atoms with Gasteiger partial charge in [-0.05, 0) is 11.6 Å². The van der Waals surface area contributed by atoms with Crippen LogP contribution in [0.25, 0.3) is 0 Å². The molecule has 0 bridgehead atoms. The average Bonchev–Trinajstić information content (AvgIpc) is 1.92. The van der Waals surface area contributed by atoms with Crippen LogP contribution in [0.1, 0.15) is 11.1 Å². The summed E-state index contributed by atoms with van der Waals surface area (Å²) in [5, 5.41) is 8.72. The van der Waals surface area contributed by atoms with Crippen LogP contribution in [0.2, 0.25) is 0 Å². The Hall–Kier alpha value is -1.02. The molecule has 1 N–H and O–H groups in total. The van der Waals surface area contributed by atoms with E-state index in [4.69, 9.17) is 9.84 Å². The van der Waals surface area contributed by atoms with Gasteiger partial charge in [-0.25, -0.2) is 0 Å². The van der Waals surface area contributed by atoms with Crippen LogP contribution in [-0.2, 0) is 13.2 Å². The van der Waals surface area contributed by atoms with E-state index in [0.29, 0.717) is 0 Å². The molecule has 1 aromatic carbocycles. The predicted octanol–water partition coefficient (Wildman–Crippen LogP) is 1.07. The van der Waals surface area contributed by atoms with Gasteiger partial charge in [0.2, 0.25) is 0 Å². The van der Waals surface area contributed by atoms with Crippen molar-refractivity contribution in [3.05, 3.63) is 29.3 Å².